The molecular weight excluding hydrogens is 330 g/mol. The van der Waals surface area contributed by atoms with Crippen molar-refractivity contribution in [3.8, 4) is 0 Å². The Balaban J connectivity index is 1.82. The number of carboxylic acid groups (broad SMARTS) is 1. The van der Waals surface area contributed by atoms with E-state index in [-0.39, 0.29) is 24.1 Å². The Kier molecular flexibility index (Phi) is 4.99. The first-order valence-corrected chi connectivity index (χ1v) is 8.91. The second-order valence-corrected chi connectivity index (χ2v) is 7.15. The standard InChI is InChI=1S/C16H24ClN5O2/c1-10-6-7-12(22(16(23)24)11-4-2-3-5-11)9-21(10)14-8-13(17)19-15(18)20-14/h8,10-12H,2-7,9H2,1H3,(H,23,24)(H2,18,19,20)/t10-,12+/m0/s1. The normalized spacial score (nSPS) is 25.0. The number of amides is 1. The minimum Gasteiger partial charge on any atom is -0.465 e. The number of anilines is 2. The van der Waals surface area contributed by atoms with Gasteiger partial charge in [-0.2, -0.15) is 4.98 Å². The molecule has 1 aromatic heterocycles. The van der Waals surface area contributed by atoms with Crippen molar-refractivity contribution < 1.29 is 9.90 Å². The van der Waals surface area contributed by atoms with Gasteiger partial charge in [-0.05, 0) is 32.6 Å². The molecule has 1 aliphatic carbocycles. The van der Waals surface area contributed by atoms with Crippen molar-refractivity contribution in [1.82, 2.24) is 14.9 Å². The summed E-state index contributed by atoms with van der Waals surface area (Å²) in [6.45, 7) is 2.72. The van der Waals surface area contributed by atoms with E-state index in [1.165, 1.54) is 0 Å². The van der Waals surface area contributed by atoms with Crippen LogP contribution < -0.4 is 10.6 Å². The number of piperidine rings is 1. The number of carbonyl (C=O) groups is 1. The van der Waals surface area contributed by atoms with E-state index in [0.29, 0.717) is 17.5 Å². The number of hydrogen-bond acceptors (Lipinski definition) is 5. The van der Waals surface area contributed by atoms with Crippen LogP contribution in [0.5, 0.6) is 0 Å². The minimum absolute atomic E-state index is 0.0308. The third kappa shape index (κ3) is 3.50. The molecule has 3 N–H and O–H groups in total. The van der Waals surface area contributed by atoms with E-state index in [2.05, 4.69) is 21.8 Å². The molecule has 8 heteroatoms. The van der Waals surface area contributed by atoms with Crippen LogP contribution in [-0.4, -0.2) is 50.7 Å². The zero-order chi connectivity index (χ0) is 17.3. The molecule has 24 heavy (non-hydrogen) atoms. The molecule has 2 heterocycles. The van der Waals surface area contributed by atoms with Crippen molar-refractivity contribution in [3.05, 3.63) is 11.2 Å². The molecule has 1 amide bonds. The van der Waals surface area contributed by atoms with Crippen molar-refractivity contribution in [2.24, 2.45) is 0 Å². The van der Waals surface area contributed by atoms with Crippen molar-refractivity contribution in [3.63, 3.8) is 0 Å². The van der Waals surface area contributed by atoms with E-state index in [4.69, 9.17) is 17.3 Å². The first kappa shape index (κ1) is 17.1. The molecule has 2 fully saturated rings. The van der Waals surface area contributed by atoms with E-state index in [0.717, 1.165) is 38.5 Å². The summed E-state index contributed by atoms with van der Waals surface area (Å²) in [5.41, 5.74) is 5.72. The molecule has 1 aliphatic heterocycles. The second kappa shape index (κ2) is 7.01. The van der Waals surface area contributed by atoms with Gasteiger partial charge in [0.2, 0.25) is 5.95 Å². The maximum atomic E-state index is 11.9. The Morgan fingerprint density at radius 3 is 2.62 bits per heavy atom. The minimum atomic E-state index is -0.818. The van der Waals surface area contributed by atoms with Gasteiger partial charge in [0.05, 0.1) is 6.04 Å². The third-order valence-electron chi connectivity index (χ3n) is 5.18. The van der Waals surface area contributed by atoms with Gasteiger partial charge in [0, 0.05) is 24.7 Å². The number of nitrogens with two attached hydrogens (primary N) is 1. The van der Waals surface area contributed by atoms with Gasteiger partial charge in [0.15, 0.2) is 0 Å². The summed E-state index contributed by atoms with van der Waals surface area (Å²) >= 11 is 6.01. The molecule has 0 unspecified atom stereocenters. The fourth-order valence-corrected chi connectivity index (χ4v) is 4.18. The highest BCUT2D eigenvalue weighted by Crippen LogP contribution is 2.32. The van der Waals surface area contributed by atoms with Gasteiger partial charge >= 0.3 is 6.09 Å². The maximum Gasteiger partial charge on any atom is 0.407 e. The number of rotatable bonds is 3. The van der Waals surface area contributed by atoms with Gasteiger partial charge in [-0.1, -0.05) is 24.4 Å². The number of halogens is 1. The Bertz CT molecular complexity index is 588. The molecule has 0 spiro atoms. The van der Waals surface area contributed by atoms with Gasteiger partial charge in [0.25, 0.3) is 0 Å². The highest BCUT2D eigenvalue weighted by atomic mass is 35.5. The fourth-order valence-electron chi connectivity index (χ4n) is 4.00. The Labute approximate surface area is 146 Å². The van der Waals surface area contributed by atoms with Crippen LogP contribution in [0.3, 0.4) is 0 Å². The summed E-state index contributed by atoms with van der Waals surface area (Å²) in [7, 11) is 0. The highest BCUT2D eigenvalue weighted by molar-refractivity contribution is 6.29. The molecule has 0 bridgehead atoms. The molecule has 132 valence electrons. The number of hydrogen-bond donors (Lipinski definition) is 2. The van der Waals surface area contributed by atoms with Crippen LogP contribution in [0.2, 0.25) is 5.15 Å². The molecule has 1 saturated heterocycles. The SMILES string of the molecule is C[C@H]1CC[C@@H](N(C(=O)O)C2CCCC2)CN1c1cc(Cl)nc(N)n1. The van der Waals surface area contributed by atoms with Gasteiger partial charge in [-0.15, -0.1) is 0 Å². The second-order valence-electron chi connectivity index (χ2n) is 6.77. The molecule has 0 radical (unpaired) electrons. The van der Waals surface area contributed by atoms with Gasteiger partial charge in [0.1, 0.15) is 11.0 Å². The molecule has 2 atom stereocenters. The van der Waals surface area contributed by atoms with Crippen molar-refractivity contribution in [1.29, 1.82) is 0 Å². The van der Waals surface area contributed by atoms with Crippen LogP contribution in [0, 0.1) is 0 Å². The zero-order valence-corrected chi connectivity index (χ0v) is 14.6. The van der Waals surface area contributed by atoms with Crippen molar-refractivity contribution in [2.45, 2.75) is 63.6 Å². The summed E-state index contributed by atoms with van der Waals surface area (Å²) < 4.78 is 0. The van der Waals surface area contributed by atoms with Crippen molar-refractivity contribution in [2.75, 3.05) is 17.2 Å². The molecule has 1 aromatic rings. The van der Waals surface area contributed by atoms with Crippen LogP contribution in [0.1, 0.15) is 45.4 Å². The monoisotopic (exact) mass is 353 g/mol. The third-order valence-corrected chi connectivity index (χ3v) is 5.38. The van der Waals surface area contributed by atoms with Crippen LogP contribution in [0.15, 0.2) is 6.07 Å². The number of aromatic nitrogens is 2. The lowest BCUT2D eigenvalue weighted by molar-refractivity contribution is 0.0901. The Morgan fingerprint density at radius 2 is 2.00 bits per heavy atom. The lowest BCUT2D eigenvalue weighted by Gasteiger charge is -2.44. The lowest BCUT2D eigenvalue weighted by atomic mass is 9.96. The Hall–Kier alpha value is -1.76. The highest BCUT2D eigenvalue weighted by Gasteiger charge is 2.37. The summed E-state index contributed by atoms with van der Waals surface area (Å²) in [5.74, 6) is 0.805. The maximum absolute atomic E-state index is 11.9. The summed E-state index contributed by atoms with van der Waals surface area (Å²) in [4.78, 5) is 23.8. The van der Waals surface area contributed by atoms with Crippen LogP contribution in [-0.2, 0) is 0 Å². The van der Waals surface area contributed by atoms with Crippen LogP contribution >= 0.6 is 11.6 Å². The molecule has 3 rings (SSSR count). The fraction of sp³-hybridized carbons (Fsp3) is 0.688. The molecule has 2 aliphatic rings. The first-order chi connectivity index (χ1) is 11.5. The summed E-state index contributed by atoms with van der Waals surface area (Å²) in [6.07, 6.45) is 5.10. The average Bonchev–Trinajstić information content (AvgIpc) is 3.01. The zero-order valence-electron chi connectivity index (χ0n) is 13.9. The van der Waals surface area contributed by atoms with Gasteiger partial charge in [-0.3, -0.25) is 0 Å². The van der Waals surface area contributed by atoms with Gasteiger partial charge < -0.3 is 20.6 Å². The predicted octanol–water partition coefficient (Wildman–Crippen LogP) is 2.99. The first-order valence-electron chi connectivity index (χ1n) is 8.53. The largest absolute Gasteiger partial charge is 0.465 e. The molecule has 0 aromatic carbocycles. The van der Waals surface area contributed by atoms with Crippen LogP contribution in [0.4, 0.5) is 16.6 Å². The molecular formula is C16H24ClN5O2. The van der Waals surface area contributed by atoms with E-state index in [1.54, 1.807) is 11.0 Å². The molecule has 1 saturated carbocycles. The quantitative estimate of drug-likeness (QED) is 0.811. The number of nitrogens with zero attached hydrogens (tertiary/aromatic N) is 4. The van der Waals surface area contributed by atoms with Crippen LogP contribution in [0.25, 0.3) is 0 Å². The smallest absolute Gasteiger partial charge is 0.407 e. The van der Waals surface area contributed by atoms with E-state index in [9.17, 15) is 9.90 Å². The van der Waals surface area contributed by atoms with Crippen molar-refractivity contribution >= 4 is 29.5 Å². The average molecular weight is 354 g/mol. The van der Waals surface area contributed by atoms with E-state index in [1.807, 2.05) is 0 Å². The Morgan fingerprint density at radius 1 is 1.29 bits per heavy atom. The molecule has 7 nitrogen and oxygen atoms in total. The van der Waals surface area contributed by atoms with Gasteiger partial charge in [-0.25, -0.2) is 9.78 Å². The summed E-state index contributed by atoms with van der Waals surface area (Å²) in [6, 6.07) is 2.06. The predicted molar refractivity (Wildman–Crippen MR) is 93.4 cm³/mol. The van der Waals surface area contributed by atoms with E-state index >= 15 is 0 Å². The summed E-state index contributed by atoms with van der Waals surface area (Å²) in [5, 5.41) is 10.0. The lowest BCUT2D eigenvalue weighted by Crippen LogP contribution is -2.55. The van der Waals surface area contributed by atoms with E-state index < -0.39 is 6.09 Å². The number of nitrogen functional groups attached to an aromatic ring is 1. The topological polar surface area (TPSA) is 95.6 Å².